The Morgan fingerprint density at radius 2 is 1.88 bits per heavy atom. The number of hydrogen-bond acceptors (Lipinski definition) is 8. The van der Waals surface area contributed by atoms with Crippen LogP contribution in [-0.4, -0.2) is 87.4 Å². The van der Waals surface area contributed by atoms with Gasteiger partial charge in [0, 0.05) is 50.9 Å². The normalized spacial score (nSPS) is 23.3. The maximum absolute atomic E-state index is 13.5. The van der Waals surface area contributed by atoms with Crippen molar-refractivity contribution in [3.63, 3.8) is 0 Å². The number of pyridine rings is 1. The van der Waals surface area contributed by atoms with E-state index >= 15 is 0 Å². The number of nitrogens with zero attached hydrogens (tertiary/aromatic N) is 6. The fraction of sp³-hybridized carbons (Fsp3) is 0.630. The Morgan fingerprint density at radius 3 is 2.50 bits per heavy atom. The van der Waals surface area contributed by atoms with Crippen molar-refractivity contribution in [2.24, 2.45) is 10.8 Å². The third-order valence-corrected chi connectivity index (χ3v) is 8.03. The molecule has 40 heavy (non-hydrogen) atoms. The molecule has 0 bridgehead atoms. The summed E-state index contributed by atoms with van der Waals surface area (Å²) >= 11 is 0. The van der Waals surface area contributed by atoms with E-state index in [2.05, 4.69) is 20.6 Å². The van der Waals surface area contributed by atoms with E-state index in [1.54, 1.807) is 15.8 Å². The average molecular weight is 562 g/mol. The van der Waals surface area contributed by atoms with Crippen molar-refractivity contribution in [2.75, 3.05) is 39.8 Å². The number of methoxy groups -OCH3 is 1. The van der Waals surface area contributed by atoms with Gasteiger partial charge in [0.2, 0.25) is 5.91 Å². The van der Waals surface area contributed by atoms with Crippen LogP contribution < -0.4 is 5.32 Å². The molecule has 2 saturated heterocycles. The predicted octanol–water partition coefficient (Wildman–Crippen LogP) is 2.62. The lowest BCUT2D eigenvalue weighted by Gasteiger charge is -2.31. The summed E-state index contributed by atoms with van der Waals surface area (Å²) in [5.74, 6) is -1.10. The van der Waals surface area contributed by atoms with Crippen LogP contribution in [0.1, 0.15) is 74.2 Å². The van der Waals surface area contributed by atoms with Gasteiger partial charge in [-0.05, 0) is 25.0 Å². The van der Waals surface area contributed by atoms with Crippen LogP contribution in [0.3, 0.4) is 0 Å². The monoisotopic (exact) mass is 561 g/mol. The van der Waals surface area contributed by atoms with Gasteiger partial charge in [-0.3, -0.25) is 28.9 Å². The van der Waals surface area contributed by atoms with Crippen LogP contribution in [0.4, 0.5) is 8.78 Å². The second kappa shape index (κ2) is 11.9. The first kappa shape index (κ1) is 29.5. The number of carbonyl (C=O) groups is 3. The van der Waals surface area contributed by atoms with E-state index in [1.165, 1.54) is 13.2 Å². The molecule has 0 aliphatic carbocycles. The van der Waals surface area contributed by atoms with E-state index in [4.69, 9.17) is 4.74 Å². The minimum atomic E-state index is -2.74. The van der Waals surface area contributed by atoms with Gasteiger partial charge >= 0.3 is 5.97 Å². The highest BCUT2D eigenvalue weighted by Crippen LogP contribution is 2.54. The van der Waals surface area contributed by atoms with Crippen LogP contribution in [0.25, 0.3) is 0 Å². The zero-order chi connectivity index (χ0) is 29.1. The number of ether oxygens (including phenoxy) is 1. The first-order valence-corrected chi connectivity index (χ1v) is 13.6. The lowest BCUT2D eigenvalue weighted by atomic mass is 9.69. The number of halogens is 2. The molecule has 11 nitrogen and oxygen atoms in total. The van der Waals surface area contributed by atoms with E-state index in [9.17, 15) is 23.2 Å². The van der Waals surface area contributed by atoms with Gasteiger partial charge in [0.15, 0.2) is 0 Å². The Balaban J connectivity index is 1.62. The second-order valence-corrected chi connectivity index (χ2v) is 10.9. The van der Waals surface area contributed by atoms with E-state index in [0.717, 1.165) is 31.5 Å². The standard InChI is InChI=1S/C27H37F2N7O4/c1-5-7-10-30-23(37)21(20-13-36(11-6-2)33-32-20)34-14-26(3)15-35(17-27(26,16-34)25(39)40-4)24(38)18-8-9-19(22(28)29)31-12-18/h8-9,12-13,21-22H,5-7,10-11,14-17H2,1-4H3,(H,30,37)/t21?,26-,27+/m0/s1. The number of likely N-dealkylation sites (tertiary alicyclic amines) is 2. The van der Waals surface area contributed by atoms with Gasteiger partial charge in [0.25, 0.3) is 12.3 Å². The third-order valence-electron chi connectivity index (χ3n) is 8.03. The first-order chi connectivity index (χ1) is 19.1. The Hall–Kier alpha value is -3.48. The number of nitrogens with one attached hydrogen (secondary N) is 1. The molecule has 2 aromatic rings. The molecule has 2 fully saturated rings. The molecule has 4 heterocycles. The number of carbonyl (C=O) groups excluding carboxylic acids is 3. The Bertz CT molecular complexity index is 1220. The van der Waals surface area contributed by atoms with Crippen LogP contribution in [0, 0.1) is 10.8 Å². The summed E-state index contributed by atoms with van der Waals surface area (Å²) in [7, 11) is 1.31. The van der Waals surface area contributed by atoms with Gasteiger partial charge in [-0.15, -0.1) is 5.10 Å². The van der Waals surface area contributed by atoms with Crippen molar-refractivity contribution >= 4 is 17.8 Å². The van der Waals surface area contributed by atoms with Gasteiger partial charge in [0.05, 0.1) is 18.9 Å². The van der Waals surface area contributed by atoms with Crippen LogP contribution >= 0.6 is 0 Å². The summed E-state index contributed by atoms with van der Waals surface area (Å²) in [4.78, 5) is 47.4. The summed E-state index contributed by atoms with van der Waals surface area (Å²) in [5, 5.41) is 11.5. The molecule has 3 atom stereocenters. The van der Waals surface area contributed by atoms with Gasteiger partial charge in [-0.2, -0.15) is 0 Å². The van der Waals surface area contributed by atoms with Crippen molar-refractivity contribution in [3.8, 4) is 0 Å². The molecule has 218 valence electrons. The van der Waals surface area contributed by atoms with E-state index in [0.29, 0.717) is 25.3 Å². The summed E-state index contributed by atoms with van der Waals surface area (Å²) < 4.78 is 32.8. The molecule has 2 aromatic heterocycles. The lowest BCUT2D eigenvalue weighted by molar-refractivity contribution is -0.155. The summed E-state index contributed by atoms with van der Waals surface area (Å²) in [6, 6.07) is 1.67. The minimum Gasteiger partial charge on any atom is -0.468 e. The maximum atomic E-state index is 13.5. The highest BCUT2D eigenvalue weighted by Gasteiger charge is 2.67. The number of hydrogen-bond donors (Lipinski definition) is 1. The molecule has 2 aliphatic rings. The third kappa shape index (κ3) is 5.43. The van der Waals surface area contributed by atoms with Gasteiger partial charge < -0.3 is 15.0 Å². The zero-order valence-corrected chi connectivity index (χ0v) is 23.4. The Morgan fingerprint density at radius 1 is 1.10 bits per heavy atom. The SMILES string of the molecule is CCCCNC(=O)C(c1cn(CCC)nn1)N1C[C@@]2(C)CN(C(=O)c3ccc(C(F)F)nc3)C[C@@]2(C(=O)OC)C1. The largest absolute Gasteiger partial charge is 0.468 e. The molecule has 1 N–H and O–H groups in total. The summed E-state index contributed by atoms with van der Waals surface area (Å²) in [6.45, 7) is 7.89. The molecule has 2 aliphatic heterocycles. The Labute approximate surface area is 232 Å². The highest BCUT2D eigenvalue weighted by atomic mass is 19.3. The number of esters is 1. The molecule has 13 heteroatoms. The predicted molar refractivity (Wildman–Crippen MR) is 140 cm³/mol. The number of fused-ring (bicyclic) bond motifs is 1. The van der Waals surface area contributed by atoms with Gasteiger partial charge in [0.1, 0.15) is 22.8 Å². The fourth-order valence-electron chi connectivity index (χ4n) is 5.93. The number of alkyl halides is 2. The van der Waals surface area contributed by atoms with Crippen molar-refractivity contribution in [1.82, 2.24) is 35.1 Å². The van der Waals surface area contributed by atoms with Crippen LogP contribution in [-0.2, 0) is 20.9 Å². The minimum absolute atomic E-state index is 0.0504. The summed E-state index contributed by atoms with van der Waals surface area (Å²) in [5.41, 5.74) is -1.64. The second-order valence-electron chi connectivity index (χ2n) is 10.9. The van der Waals surface area contributed by atoms with Gasteiger partial charge in [-0.1, -0.05) is 32.4 Å². The van der Waals surface area contributed by atoms with Crippen molar-refractivity contribution in [2.45, 2.75) is 59.0 Å². The fourth-order valence-corrected chi connectivity index (χ4v) is 5.93. The quantitative estimate of drug-likeness (QED) is 0.328. The average Bonchev–Trinajstić information content (AvgIpc) is 3.58. The number of aromatic nitrogens is 4. The molecule has 0 aromatic carbocycles. The van der Waals surface area contributed by atoms with Crippen molar-refractivity contribution < 1.29 is 27.9 Å². The maximum Gasteiger partial charge on any atom is 0.315 e. The molecule has 0 saturated carbocycles. The van der Waals surface area contributed by atoms with Crippen LogP contribution in [0.5, 0.6) is 0 Å². The molecule has 1 unspecified atom stereocenters. The number of unbranched alkanes of at least 4 members (excludes halogenated alkanes) is 1. The van der Waals surface area contributed by atoms with E-state index in [1.807, 2.05) is 25.7 Å². The molecular weight excluding hydrogens is 524 g/mol. The molecule has 0 spiro atoms. The smallest absolute Gasteiger partial charge is 0.315 e. The van der Waals surface area contributed by atoms with Crippen LogP contribution in [0.15, 0.2) is 24.5 Å². The Kier molecular flexibility index (Phi) is 8.81. The summed E-state index contributed by atoms with van der Waals surface area (Å²) in [6.07, 6.45) is 2.77. The van der Waals surface area contributed by atoms with Crippen LogP contribution in [0.2, 0.25) is 0 Å². The first-order valence-electron chi connectivity index (χ1n) is 13.6. The number of amides is 2. The number of aryl methyl sites for hydroxylation is 1. The van der Waals surface area contributed by atoms with Crippen molar-refractivity contribution in [1.29, 1.82) is 0 Å². The highest BCUT2D eigenvalue weighted by molar-refractivity contribution is 5.95. The van der Waals surface area contributed by atoms with E-state index < -0.39 is 40.9 Å². The topological polar surface area (TPSA) is 123 Å². The number of rotatable bonds is 11. The zero-order valence-electron chi connectivity index (χ0n) is 23.4. The van der Waals surface area contributed by atoms with Gasteiger partial charge in [-0.25, -0.2) is 8.78 Å². The molecule has 4 rings (SSSR count). The van der Waals surface area contributed by atoms with Crippen molar-refractivity contribution in [3.05, 3.63) is 41.5 Å². The lowest BCUT2D eigenvalue weighted by Crippen LogP contribution is -2.46. The molecule has 2 amide bonds. The molecule has 0 radical (unpaired) electrons. The molecular formula is C27H37F2N7O4. The van der Waals surface area contributed by atoms with E-state index in [-0.39, 0.29) is 31.1 Å².